The van der Waals surface area contributed by atoms with E-state index in [0.717, 1.165) is 52.3 Å². The summed E-state index contributed by atoms with van der Waals surface area (Å²) in [6.45, 7) is 2.51. The number of benzene rings is 2. The van der Waals surface area contributed by atoms with Gasteiger partial charge in [-0.3, -0.25) is 0 Å². The fraction of sp³-hybridized carbons (Fsp3) is 0.211. The maximum atomic E-state index is 12.0. The maximum Gasteiger partial charge on any atom is 0.338 e. The third-order valence-corrected chi connectivity index (χ3v) is 4.26. The van der Waals surface area contributed by atoms with Crippen molar-refractivity contribution in [3.05, 3.63) is 47.5 Å². The fourth-order valence-electron chi connectivity index (χ4n) is 2.39. The monoisotopic (exact) mass is 336 g/mol. The molecule has 3 aromatic rings. The molecular formula is C19H16N2O2S. The smallest absolute Gasteiger partial charge is 0.338 e. The number of esters is 1. The van der Waals surface area contributed by atoms with E-state index in [1.165, 1.54) is 0 Å². The van der Waals surface area contributed by atoms with E-state index in [4.69, 9.17) is 11.2 Å². The molecule has 0 N–H and O–H groups in total. The highest BCUT2D eigenvalue weighted by Crippen LogP contribution is 2.29. The second kappa shape index (κ2) is 7.24. The first kappa shape index (κ1) is 16.2. The first-order chi connectivity index (χ1) is 11.7. The fourth-order valence-corrected chi connectivity index (χ4v) is 2.97. The molecule has 4 nitrogen and oxygen atoms in total. The van der Waals surface area contributed by atoms with Gasteiger partial charge in [-0.2, -0.15) is 8.75 Å². The van der Waals surface area contributed by atoms with Crippen LogP contribution in [0.3, 0.4) is 0 Å². The third-order valence-electron chi connectivity index (χ3n) is 3.73. The Hall–Kier alpha value is -2.71. The van der Waals surface area contributed by atoms with E-state index in [9.17, 15) is 4.79 Å². The Balaban J connectivity index is 1.88. The van der Waals surface area contributed by atoms with Crippen LogP contribution in [-0.2, 0) is 4.74 Å². The van der Waals surface area contributed by atoms with Gasteiger partial charge in [0.15, 0.2) is 0 Å². The van der Waals surface area contributed by atoms with Crippen molar-refractivity contribution in [3.8, 4) is 23.5 Å². The quantitative estimate of drug-likeness (QED) is 0.396. The summed E-state index contributed by atoms with van der Waals surface area (Å²) in [6.07, 6.45) is 7.38. The van der Waals surface area contributed by atoms with Crippen molar-refractivity contribution in [2.75, 3.05) is 6.61 Å². The zero-order valence-corrected chi connectivity index (χ0v) is 14.1. The molecule has 120 valence electrons. The standard InChI is InChI=1S/C19H16N2O2S/c1-3-5-12-23-19(22)15-8-6-14(7-9-15)16-11-10-13(4-2)17-18(16)21-24-20-17/h2,6-11H,3,5,12H2,1H3. The zero-order valence-electron chi connectivity index (χ0n) is 13.3. The Morgan fingerprint density at radius 3 is 2.62 bits per heavy atom. The summed E-state index contributed by atoms with van der Waals surface area (Å²) in [5, 5.41) is 0. The Bertz CT molecular complexity index is 907. The van der Waals surface area contributed by atoms with Crippen LogP contribution in [0.25, 0.3) is 22.2 Å². The molecule has 0 aliphatic heterocycles. The van der Waals surface area contributed by atoms with Crippen molar-refractivity contribution >= 4 is 28.7 Å². The predicted octanol–water partition coefficient (Wildman–Crippen LogP) is 4.30. The number of hydrogen-bond acceptors (Lipinski definition) is 5. The summed E-state index contributed by atoms with van der Waals surface area (Å²) >= 11 is 1.14. The van der Waals surface area contributed by atoms with E-state index in [0.29, 0.717) is 12.2 Å². The van der Waals surface area contributed by atoms with E-state index in [1.54, 1.807) is 12.1 Å². The molecule has 5 heteroatoms. The minimum Gasteiger partial charge on any atom is -0.462 e. The summed E-state index contributed by atoms with van der Waals surface area (Å²) in [5.41, 5.74) is 4.71. The number of rotatable bonds is 5. The molecule has 0 bridgehead atoms. The van der Waals surface area contributed by atoms with Crippen LogP contribution in [0.5, 0.6) is 0 Å². The SMILES string of the molecule is C#Cc1ccc(-c2ccc(C(=O)OCCCC)cc2)c2nsnc12. The average Bonchev–Trinajstić information content (AvgIpc) is 3.11. The van der Waals surface area contributed by atoms with Gasteiger partial charge in [0.25, 0.3) is 0 Å². The van der Waals surface area contributed by atoms with Gasteiger partial charge in [-0.1, -0.05) is 37.5 Å². The molecule has 1 heterocycles. The number of aromatic nitrogens is 2. The third kappa shape index (κ3) is 3.15. The van der Waals surface area contributed by atoms with Crippen molar-refractivity contribution in [1.29, 1.82) is 0 Å². The number of nitrogens with zero attached hydrogens (tertiary/aromatic N) is 2. The van der Waals surface area contributed by atoms with Crippen LogP contribution in [0.4, 0.5) is 0 Å². The van der Waals surface area contributed by atoms with Crippen LogP contribution < -0.4 is 0 Å². The predicted molar refractivity (Wildman–Crippen MR) is 96.0 cm³/mol. The van der Waals surface area contributed by atoms with Gasteiger partial charge < -0.3 is 4.74 Å². The Kier molecular flexibility index (Phi) is 4.88. The lowest BCUT2D eigenvalue weighted by atomic mass is 10.0. The summed E-state index contributed by atoms with van der Waals surface area (Å²) in [6, 6.07) is 11.1. The highest BCUT2D eigenvalue weighted by atomic mass is 32.1. The van der Waals surface area contributed by atoms with Crippen molar-refractivity contribution in [1.82, 2.24) is 8.75 Å². The normalized spacial score (nSPS) is 10.5. The van der Waals surface area contributed by atoms with Gasteiger partial charge in [-0.05, 0) is 30.2 Å². The van der Waals surface area contributed by atoms with Gasteiger partial charge in [-0.15, -0.1) is 6.42 Å². The number of hydrogen-bond donors (Lipinski definition) is 0. The van der Waals surface area contributed by atoms with Gasteiger partial charge >= 0.3 is 5.97 Å². The molecule has 0 saturated carbocycles. The number of ether oxygens (including phenoxy) is 1. The second-order valence-corrected chi connectivity index (χ2v) is 5.86. The molecule has 0 amide bonds. The molecule has 24 heavy (non-hydrogen) atoms. The summed E-state index contributed by atoms with van der Waals surface area (Å²) in [5.74, 6) is 2.33. The van der Waals surface area contributed by atoms with Crippen molar-refractivity contribution in [2.24, 2.45) is 0 Å². The van der Waals surface area contributed by atoms with E-state index in [-0.39, 0.29) is 5.97 Å². The van der Waals surface area contributed by atoms with Crippen LogP contribution in [0.2, 0.25) is 0 Å². The number of unbranched alkanes of at least 4 members (excludes halogenated alkanes) is 1. The van der Waals surface area contributed by atoms with Crippen molar-refractivity contribution in [2.45, 2.75) is 19.8 Å². The molecule has 0 saturated heterocycles. The summed E-state index contributed by atoms with van der Waals surface area (Å²) < 4.78 is 13.9. The molecule has 0 fully saturated rings. The molecule has 0 atom stereocenters. The molecule has 0 aliphatic carbocycles. The molecule has 3 rings (SSSR count). The molecule has 0 radical (unpaired) electrons. The lowest BCUT2D eigenvalue weighted by Gasteiger charge is -2.06. The molecule has 2 aromatic carbocycles. The Labute approximate surface area is 144 Å². The van der Waals surface area contributed by atoms with E-state index < -0.39 is 0 Å². The van der Waals surface area contributed by atoms with Gasteiger partial charge in [0.05, 0.1) is 29.5 Å². The number of fused-ring (bicyclic) bond motifs is 1. The first-order valence-corrected chi connectivity index (χ1v) is 8.47. The van der Waals surface area contributed by atoms with E-state index >= 15 is 0 Å². The molecule has 0 aliphatic rings. The molecule has 0 unspecified atom stereocenters. The number of carbonyl (C=O) groups is 1. The lowest BCUT2D eigenvalue weighted by Crippen LogP contribution is -2.06. The van der Waals surface area contributed by atoms with E-state index in [1.807, 2.05) is 24.3 Å². The summed E-state index contributed by atoms with van der Waals surface area (Å²) in [4.78, 5) is 12.0. The van der Waals surface area contributed by atoms with Gasteiger partial charge in [0.2, 0.25) is 0 Å². The zero-order chi connectivity index (χ0) is 16.9. The maximum absolute atomic E-state index is 12.0. The van der Waals surface area contributed by atoms with Crippen molar-refractivity contribution < 1.29 is 9.53 Å². The topological polar surface area (TPSA) is 52.1 Å². The van der Waals surface area contributed by atoms with Gasteiger partial charge in [-0.25, -0.2) is 4.79 Å². The highest BCUT2D eigenvalue weighted by molar-refractivity contribution is 7.00. The van der Waals surface area contributed by atoms with Crippen LogP contribution in [0.1, 0.15) is 35.7 Å². The largest absolute Gasteiger partial charge is 0.462 e. The van der Waals surface area contributed by atoms with Crippen LogP contribution >= 0.6 is 11.7 Å². The van der Waals surface area contributed by atoms with Crippen LogP contribution in [0.15, 0.2) is 36.4 Å². The number of carbonyl (C=O) groups excluding carboxylic acids is 1. The molecule has 1 aromatic heterocycles. The average molecular weight is 336 g/mol. The first-order valence-electron chi connectivity index (χ1n) is 7.74. The van der Waals surface area contributed by atoms with Gasteiger partial charge in [0.1, 0.15) is 11.0 Å². The highest BCUT2D eigenvalue weighted by Gasteiger charge is 2.12. The number of terminal acetylenes is 1. The van der Waals surface area contributed by atoms with Gasteiger partial charge in [0, 0.05) is 5.56 Å². The minimum atomic E-state index is -0.293. The van der Waals surface area contributed by atoms with Crippen LogP contribution in [-0.4, -0.2) is 21.3 Å². The summed E-state index contributed by atoms with van der Waals surface area (Å²) in [7, 11) is 0. The molecule has 0 spiro atoms. The molecular weight excluding hydrogens is 320 g/mol. The Morgan fingerprint density at radius 1 is 1.17 bits per heavy atom. The Morgan fingerprint density at radius 2 is 1.92 bits per heavy atom. The van der Waals surface area contributed by atoms with Crippen LogP contribution in [0, 0.1) is 12.3 Å². The van der Waals surface area contributed by atoms with Crippen molar-refractivity contribution in [3.63, 3.8) is 0 Å². The second-order valence-electron chi connectivity index (χ2n) is 5.33. The lowest BCUT2D eigenvalue weighted by molar-refractivity contribution is 0.0500. The van der Waals surface area contributed by atoms with E-state index in [2.05, 4.69) is 21.6 Å². The minimum absolute atomic E-state index is 0.293.